The number of aromatic nitrogens is 3. The fourth-order valence-electron chi connectivity index (χ4n) is 2.86. The molecule has 3 aromatic rings. The number of rotatable bonds is 8. The van der Waals surface area contributed by atoms with Gasteiger partial charge in [0.25, 0.3) is 0 Å². The molecule has 29 heavy (non-hydrogen) atoms. The first-order chi connectivity index (χ1) is 14.0. The van der Waals surface area contributed by atoms with Crippen LogP contribution in [0.2, 0.25) is 10.0 Å². The quantitative estimate of drug-likeness (QED) is 0.456. The third-order valence-corrected chi connectivity index (χ3v) is 5.76. The van der Waals surface area contributed by atoms with E-state index < -0.39 is 0 Å². The fraction of sp³-hybridized carbons (Fsp3) is 0.286. The monoisotopic (exact) mass is 448 g/mol. The Morgan fingerprint density at radius 1 is 1.17 bits per heavy atom. The Kier molecular flexibility index (Phi) is 7.58. The predicted octanol–water partition coefficient (Wildman–Crippen LogP) is 5.59. The number of thioether (sulfide) groups is 1. The summed E-state index contributed by atoms with van der Waals surface area (Å²) in [5.74, 6) is 1.34. The first-order valence-electron chi connectivity index (χ1n) is 9.32. The molecule has 0 atom stereocenters. The number of hydrogen-bond acceptors (Lipinski definition) is 4. The zero-order chi connectivity index (χ0) is 20.8. The summed E-state index contributed by atoms with van der Waals surface area (Å²) >= 11 is 14.1. The lowest BCUT2D eigenvalue weighted by Gasteiger charge is -2.13. The van der Waals surface area contributed by atoms with Crippen LogP contribution < -0.4 is 5.32 Å². The Morgan fingerprint density at radius 2 is 2.00 bits per heavy atom. The molecule has 0 radical (unpaired) electrons. The second-order valence-corrected chi connectivity index (χ2v) is 8.42. The van der Waals surface area contributed by atoms with Crippen molar-refractivity contribution in [3.63, 3.8) is 0 Å². The van der Waals surface area contributed by atoms with E-state index in [-0.39, 0.29) is 12.5 Å². The van der Waals surface area contributed by atoms with E-state index in [2.05, 4.69) is 40.6 Å². The summed E-state index contributed by atoms with van der Waals surface area (Å²) < 4.78 is 1.88. The molecule has 0 bridgehead atoms. The molecule has 0 unspecified atom stereocenters. The van der Waals surface area contributed by atoms with Gasteiger partial charge in [-0.05, 0) is 37.1 Å². The molecule has 2 aromatic carbocycles. The van der Waals surface area contributed by atoms with Gasteiger partial charge in [-0.1, -0.05) is 71.7 Å². The SMILES string of the molecule is CCCC(=O)NCc1nnc(SCc2cccc(C)c2)n1-c1ccc(Cl)cc1Cl. The van der Waals surface area contributed by atoms with E-state index in [1.807, 2.05) is 23.6 Å². The first kappa shape index (κ1) is 21.7. The van der Waals surface area contributed by atoms with E-state index in [9.17, 15) is 4.79 Å². The van der Waals surface area contributed by atoms with Crippen LogP contribution in [0.15, 0.2) is 47.6 Å². The number of halogens is 2. The third kappa shape index (κ3) is 5.75. The molecule has 8 heteroatoms. The lowest BCUT2D eigenvalue weighted by Crippen LogP contribution is -2.24. The van der Waals surface area contributed by atoms with Crippen molar-refractivity contribution in [2.24, 2.45) is 0 Å². The molecular formula is C21H22Cl2N4OS. The Labute approximate surface area is 184 Å². The molecule has 0 aliphatic carbocycles. The van der Waals surface area contributed by atoms with Gasteiger partial charge < -0.3 is 5.32 Å². The Morgan fingerprint density at radius 3 is 2.72 bits per heavy atom. The van der Waals surface area contributed by atoms with Crippen molar-refractivity contribution >= 4 is 40.9 Å². The zero-order valence-corrected chi connectivity index (χ0v) is 18.6. The molecule has 5 nitrogen and oxygen atoms in total. The molecule has 1 heterocycles. The lowest BCUT2D eigenvalue weighted by molar-refractivity contribution is -0.121. The van der Waals surface area contributed by atoms with E-state index in [1.165, 1.54) is 11.1 Å². The minimum Gasteiger partial charge on any atom is -0.349 e. The number of carbonyl (C=O) groups excluding carboxylic acids is 1. The van der Waals surface area contributed by atoms with E-state index in [0.29, 0.717) is 27.4 Å². The molecule has 3 rings (SSSR count). The van der Waals surface area contributed by atoms with Crippen molar-refractivity contribution in [3.05, 3.63) is 69.5 Å². The second kappa shape index (κ2) is 10.1. The second-order valence-electron chi connectivity index (χ2n) is 6.63. The molecule has 0 spiro atoms. The van der Waals surface area contributed by atoms with Gasteiger partial charge in [0.15, 0.2) is 11.0 Å². The molecule has 0 saturated carbocycles. The van der Waals surface area contributed by atoms with Gasteiger partial charge in [0.1, 0.15) is 0 Å². The van der Waals surface area contributed by atoms with Gasteiger partial charge in [-0.2, -0.15) is 0 Å². The van der Waals surface area contributed by atoms with Gasteiger partial charge in [0.05, 0.1) is 17.3 Å². The van der Waals surface area contributed by atoms with Crippen LogP contribution >= 0.6 is 35.0 Å². The molecule has 0 saturated heterocycles. The highest BCUT2D eigenvalue weighted by atomic mass is 35.5. The highest BCUT2D eigenvalue weighted by Gasteiger charge is 2.17. The van der Waals surface area contributed by atoms with Crippen molar-refractivity contribution in [2.75, 3.05) is 0 Å². The van der Waals surface area contributed by atoms with E-state index in [4.69, 9.17) is 23.2 Å². The standard InChI is InChI=1S/C21H22Cl2N4OS/c1-3-5-20(28)24-12-19-25-26-21(29-13-15-7-4-6-14(2)10-15)27(19)18-9-8-16(22)11-17(18)23/h4,6-11H,3,5,12-13H2,1-2H3,(H,24,28). The number of benzene rings is 2. The van der Waals surface area contributed by atoms with Crippen LogP contribution in [0.25, 0.3) is 5.69 Å². The molecule has 1 N–H and O–H groups in total. The van der Waals surface area contributed by atoms with Gasteiger partial charge in [-0.25, -0.2) is 0 Å². The van der Waals surface area contributed by atoms with Gasteiger partial charge in [0.2, 0.25) is 5.91 Å². The predicted molar refractivity (Wildman–Crippen MR) is 119 cm³/mol. The van der Waals surface area contributed by atoms with Gasteiger partial charge in [-0.3, -0.25) is 9.36 Å². The number of carbonyl (C=O) groups is 1. The molecule has 0 fully saturated rings. The number of nitrogens with one attached hydrogen (secondary N) is 1. The van der Waals surface area contributed by atoms with Crippen LogP contribution in [0.5, 0.6) is 0 Å². The average molecular weight is 449 g/mol. The van der Waals surface area contributed by atoms with Crippen LogP contribution in [0.4, 0.5) is 0 Å². The maximum absolute atomic E-state index is 11.9. The third-order valence-electron chi connectivity index (χ3n) is 4.22. The maximum atomic E-state index is 11.9. The first-order valence-corrected chi connectivity index (χ1v) is 11.1. The summed E-state index contributed by atoms with van der Waals surface area (Å²) in [4.78, 5) is 11.9. The smallest absolute Gasteiger partial charge is 0.220 e. The van der Waals surface area contributed by atoms with Crippen molar-refractivity contribution < 1.29 is 4.79 Å². The summed E-state index contributed by atoms with van der Waals surface area (Å²) in [5.41, 5.74) is 3.14. The molecule has 1 amide bonds. The van der Waals surface area contributed by atoms with E-state index in [1.54, 1.807) is 23.9 Å². The molecule has 152 valence electrons. The number of aryl methyl sites for hydroxylation is 1. The Balaban J connectivity index is 1.89. The summed E-state index contributed by atoms with van der Waals surface area (Å²) in [6.45, 7) is 4.31. The Hall–Kier alpha value is -2.02. The van der Waals surface area contributed by atoms with Crippen LogP contribution in [-0.2, 0) is 17.1 Å². The number of nitrogens with zero attached hydrogens (tertiary/aromatic N) is 3. The van der Waals surface area contributed by atoms with Crippen LogP contribution in [0, 0.1) is 6.92 Å². The molecular weight excluding hydrogens is 427 g/mol. The summed E-state index contributed by atoms with van der Waals surface area (Å²) in [7, 11) is 0. The van der Waals surface area contributed by atoms with Gasteiger partial charge >= 0.3 is 0 Å². The van der Waals surface area contributed by atoms with Crippen LogP contribution in [0.1, 0.15) is 36.7 Å². The van der Waals surface area contributed by atoms with Crippen molar-refractivity contribution in [2.45, 2.75) is 44.1 Å². The van der Waals surface area contributed by atoms with Crippen LogP contribution in [0.3, 0.4) is 0 Å². The normalized spacial score (nSPS) is 10.9. The van der Waals surface area contributed by atoms with Crippen molar-refractivity contribution in [3.8, 4) is 5.69 Å². The maximum Gasteiger partial charge on any atom is 0.220 e. The summed E-state index contributed by atoms with van der Waals surface area (Å²) in [6.07, 6.45) is 1.27. The van der Waals surface area contributed by atoms with Crippen molar-refractivity contribution in [1.82, 2.24) is 20.1 Å². The largest absolute Gasteiger partial charge is 0.349 e. The topological polar surface area (TPSA) is 59.8 Å². The van der Waals surface area contributed by atoms with Crippen molar-refractivity contribution in [1.29, 1.82) is 0 Å². The zero-order valence-electron chi connectivity index (χ0n) is 16.3. The average Bonchev–Trinajstić information content (AvgIpc) is 3.08. The number of amides is 1. The molecule has 1 aromatic heterocycles. The minimum absolute atomic E-state index is 0.0155. The van der Waals surface area contributed by atoms with E-state index in [0.717, 1.165) is 17.9 Å². The molecule has 0 aliphatic heterocycles. The van der Waals surface area contributed by atoms with Gasteiger partial charge in [0, 0.05) is 17.2 Å². The Bertz CT molecular complexity index is 1010. The highest BCUT2D eigenvalue weighted by molar-refractivity contribution is 7.98. The number of hydrogen-bond donors (Lipinski definition) is 1. The molecule has 0 aliphatic rings. The van der Waals surface area contributed by atoms with E-state index >= 15 is 0 Å². The van der Waals surface area contributed by atoms with Gasteiger partial charge in [-0.15, -0.1) is 10.2 Å². The minimum atomic E-state index is -0.0155. The highest BCUT2D eigenvalue weighted by Crippen LogP contribution is 2.30. The van der Waals surface area contributed by atoms with Crippen LogP contribution in [-0.4, -0.2) is 20.7 Å². The summed E-state index contributed by atoms with van der Waals surface area (Å²) in [6, 6.07) is 13.6. The summed E-state index contributed by atoms with van der Waals surface area (Å²) in [5, 5.41) is 13.3. The fourth-order valence-corrected chi connectivity index (χ4v) is 4.26. The lowest BCUT2D eigenvalue weighted by atomic mass is 10.2.